The van der Waals surface area contributed by atoms with Gasteiger partial charge in [0.1, 0.15) is 11.8 Å². The summed E-state index contributed by atoms with van der Waals surface area (Å²) in [4.78, 5) is 40.2. The molecule has 1 aromatic carbocycles. The molecule has 8 nitrogen and oxygen atoms in total. The Morgan fingerprint density at radius 2 is 1.81 bits per heavy atom. The smallest absolute Gasteiger partial charge is 0.287 e. The molecule has 5 rings (SSSR count). The summed E-state index contributed by atoms with van der Waals surface area (Å²) in [5, 5.41) is 5.59. The van der Waals surface area contributed by atoms with Crippen molar-refractivity contribution in [3.63, 3.8) is 0 Å². The minimum Gasteiger partial charge on any atom is -0.451 e. The Bertz CT molecular complexity index is 1170. The normalized spacial score (nSPS) is 18.8. The highest BCUT2D eigenvalue weighted by atomic mass is 16.5. The highest BCUT2D eigenvalue weighted by molar-refractivity contribution is 6.00. The summed E-state index contributed by atoms with van der Waals surface area (Å²) in [6, 6.07) is 8.79. The van der Waals surface area contributed by atoms with Crippen LogP contribution in [0.4, 0.5) is 0 Å². The molecular formula is C28H33N3O5. The lowest BCUT2D eigenvalue weighted by atomic mass is 9.83. The molecule has 3 amide bonds. The van der Waals surface area contributed by atoms with Crippen LogP contribution in [0.15, 0.2) is 40.3 Å². The summed E-state index contributed by atoms with van der Waals surface area (Å²) < 4.78 is 11.3. The van der Waals surface area contributed by atoms with E-state index in [4.69, 9.17) is 9.15 Å². The van der Waals surface area contributed by atoms with Gasteiger partial charge in [-0.1, -0.05) is 31.4 Å². The molecule has 3 aliphatic rings. The van der Waals surface area contributed by atoms with E-state index >= 15 is 0 Å². The largest absolute Gasteiger partial charge is 0.451 e. The van der Waals surface area contributed by atoms with Gasteiger partial charge in [-0.25, -0.2) is 0 Å². The van der Waals surface area contributed by atoms with Crippen LogP contribution < -0.4 is 10.6 Å². The quantitative estimate of drug-likeness (QED) is 0.647. The lowest BCUT2D eigenvalue weighted by Gasteiger charge is -2.29. The number of rotatable bonds is 6. The standard InChI is InChI=1S/C28H33N3O5/c1-29-27(33)25(18-5-3-2-4-6-18)30-26(32)24-10-9-23(36-24)20-8-7-19-15-22(17-21(19)16-20)28(34)31-11-13-35-14-12-31/h7-10,15-16,18,25H,2-6,11-14,17H2,1H3,(H,29,33)(H,30,32)/t25-/m0/s1. The summed E-state index contributed by atoms with van der Waals surface area (Å²) in [5.74, 6) is 0.395. The molecule has 1 aliphatic heterocycles. The topological polar surface area (TPSA) is 101 Å². The molecule has 0 bridgehead atoms. The third-order valence-corrected chi connectivity index (χ3v) is 7.48. The van der Waals surface area contributed by atoms with E-state index in [1.807, 2.05) is 29.2 Å². The number of benzene rings is 1. The van der Waals surface area contributed by atoms with Crippen molar-refractivity contribution in [3.8, 4) is 11.3 Å². The fourth-order valence-corrected chi connectivity index (χ4v) is 5.45. The van der Waals surface area contributed by atoms with Gasteiger partial charge in [0.05, 0.1) is 13.2 Å². The summed E-state index contributed by atoms with van der Waals surface area (Å²) in [5.41, 5.74) is 3.71. The van der Waals surface area contributed by atoms with E-state index < -0.39 is 6.04 Å². The molecule has 2 heterocycles. The monoisotopic (exact) mass is 491 g/mol. The molecule has 190 valence electrons. The van der Waals surface area contributed by atoms with E-state index in [-0.39, 0.29) is 29.4 Å². The third-order valence-electron chi connectivity index (χ3n) is 7.48. The van der Waals surface area contributed by atoms with Gasteiger partial charge in [0.25, 0.3) is 5.91 Å². The maximum absolute atomic E-state index is 13.0. The first kappa shape index (κ1) is 24.3. The first-order chi connectivity index (χ1) is 17.5. The number of amides is 3. The predicted octanol–water partition coefficient (Wildman–Crippen LogP) is 3.17. The fraction of sp³-hybridized carbons (Fsp3) is 0.464. The number of carbonyl (C=O) groups excluding carboxylic acids is 3. The van der Waals surface area contributed by atoms with Gasteiger partial charge >= 0.3 is 0 Å². The summed E-state index contributed by atoms with van der Waals surface area (Å²) >= 11 is 0. The van der Waals surface area contributed by atoms with E-state index in [1.165, 1.54) is 6.42 Å². The van der Waals surface area contributed by atoms with Crippen LogP contribution in [-0.4, -0.2) is 62.0 Å². The first-order valence-corrected chi connectivity index (χ1v) is 12.9. The Morgan fingerprint density at radius 1 is 1.03 bits per heavy atom. The number of nitrogens with one attached hydrogen (secondary N) is 2. The Labute approximate surface area is 211 Å². The average Bonchev–Trinajstić information content (AvgIpc) is 3.59. The third kappa shape index (κ3) is 5.09. The number of likely N-dealkylation sites (N-methyl/N-ethyl adjacent to an activating group) is 1. The number of ether oxygens (including phenoxy) is 1. The Balaban J connectivity index is 1.26. The maximum atomic E-state index is 13.0. The number of nitrogens with zero attached hydrogens (tertiary/aromatic N) is 1. The molecule has 2 fully saturated rings. The summed E-state index contributed by atoms with van der Waals surface area (Å²) in [7, 11) is 1.60. The van der Waals surface area contributed by atoms with Gasteiger partial charge in [-0.05, 0) is 54.2 Å². The molecule has 36 heavy (non-hydrogen) atoms. The van der Waals surface area contributed by atoms with Crippen molar-refractivity contribution in [1.82, 2.24) is 15.5 Å². The zero-order valence-corrected chi connectivity index (χ0v) is 20.7. The second-order valence-electron chi connectivity index (χ2n) is 9.79. The van der Waals surface area contributed by atoms with E-state index in [9.17, 15) is 14.4 Å². The number of morpholine rings is 1. The van der Waals surface area contributed by atoms with Gasteiger partial charge in [0.2, 0.25) is 11.8 Å². The number of carbonyl (C=O) groups is 3. The molecule has 1 saturated heterocycles. The predicted molar refractivity (Wildman–Crippen MR) is 135 cm³/mol. The molecule has 1 aromatic heterocycles. The van der Waals surface area contributed by atoms with Crippen LogP contribution >= 0.6 is 0 Å². The Hall–Kier alpha value is -3.39. The molecule has 2 aliphatic carbocycles. The van der Waals surface area contributed by atoms with E-state index in [0.717, 1.165) is 47.9 Å². The maximum Gasteiger partial charge on any atom is 0.287 e. The number of fused-ring (bicyclic) bond motifs is 1. The molecule has 2 aromatic rings. The SMILES string of the molecule is CNC(=O)[C@@H](NC(=O)c1ccc(-c2ccc3c(c2)CC(C(=O)N2CCOCC2)=C3)o1)C1CCCCC1. The van der Waals surface area contributed by atoms with Crippen LogP contribution in [-0.2, 0) is 20.7 Å². The Kier molecular flexibility index (Phi) is 7.23. The highest BCUT2D eigenvalue weighted by Gasteiger charge is 2.31. The van der Waals surface area contributed by atoms with Crippen LogP contribution in [0.1, 0.15) is 53.8 Å². The highest BCUT2D eigenvalue weighted by Crippen LogP contribution is 2.32. The number of furan rings is 1. The summed E-state index contributed by atoms with van der Waals surface area (Å²) in [6.45, 7) is 2.40. The molecule has 0 radical (unpaired) electrons. The molecule has 2 N–H and O–H groups in total. The lowest BCUT2D eigenvalue weighted by molar-refractivity contribution is -0.131. The summed E-state index contributed by atoms with van der Waals surface area (Å²) in [6.07, 6.45) is 7.72. The van der Waals surface area contributed by atoms with E-state index in [1.54, 1.807) is 19.2 Å². The van der Waals surface area contributed by atoms with E-state index in [2.05, 4.69) is 10.6 Å². The van der Waals surface area contributed by atoms with Gasteiger partial charge in [-0.3, -0.25) is 14.4 Å². The van der Waals surface area contributed by atoms with Crippen LogP contribution in [0.3, 0.4) is 0 Å². The van der Waals surface area contributed by atoms with Crippen LogP contribution in [0.2, 0.25) is 0 Å². The lowest BCUT2D eigenvalue weighted by Crippen LogP contribution is -2.50. The van der Waals surface area contributed by atoms with Crippen molar-refractivity contribution in [1.29, 1.82) is 0 Å². The van der Waals surface area contributed by atoms with Crippen molar-refractivity contribution in [2.24, 2.45) is 5.92 Å². The average molecular weight is 492 g/mol. The van der Waals surface area contributed by atoms with Crippen molar-refractivity contribution in [3.05, 3.63) is 52.8 Å². The van der Waals surface area contributed by atoms with Crippen LogP contribution in [0, 0.1) is 5.92 Å². The molecular weight excluding hydrogens is 458 g/mol. The van der Waals surface area contributed by atoms with Crippen molar-refractivity contribution >= 4 is 23.8 Å². The van der Waals surface area contributed by atoms with Crippen LogP contribution in [0.25, 0.3) is 17.4 Å². The molecule has 8 heteroatoms. The van der Waals surface area contributed by atoms with Gasteiger partial charge in [0, 0.05) is 37.7 Å². The van der Waals surface area contributed by atoms with Crippen molar-refractivity contribution < 1.29 is 23.5 Å². The van der Waals surface area contributed by atoms with Crippen molar-refractivity contribution in [2.75, 3.05) is 33.4 Å². The minimum absolute atomic E-state index is 0.0663. The second kappa shape index (κ2) is 10.7. The zero-order valence-electron chi connectivity index (χ0n) is 20.7. The van der Waals surface area contributed by atoms with Gasteiger partial charge < -0.3 is 24.7 Å². The van der Waals surface area contributed by atoms with Gasteiger partial charge in [-0.15, -0.1) is 0 Å². The Morgan fingerprint density at radius 3 is 2.56 bits per heavy atom. The number of hydrogen-bond acceptors (Lipinski definition) is 5. The molecule has 0 spiro atoms. The minimum atomic E-state index is -0.565. The first-order valence-electron chi connectivity index (χ1n) is 12.9. The number of hydrogen-bond donors (Lipinski definition) is 2. The molecule has 1 atom stereocenters. The fourth-order valence-electron chi connectivity index (χ4n) is 5.45. The zero-order chi connectivity index (χ0) is 25.1. The molecule has 1 saturated carbocycles. The van der Waals surface area contributed by atoms with Crippen LogP contribution in [0.5, 0.6) is 0 Å². The van der Waals surface area contributed by atoms with Gasteiger partial charge in [-0.2, -0.15) is 0 Å². The van der Waals surface area contributed by atoms with Crippen molar-refractivity contribution in [2.45, 2.75) is 44.6 Å². The molecule has 0 unspecified atom stereocenters. The van der Waals surface area contributed by atoms with Gasteiger partial charge in [0.15, 0.2) is 5.76 Å². The van der Waals surface area contributed by atoms with E-state index in [0.29, 0.717) is 38.5 Å². The second-order valence-corrected chi connectivity index (χ2v) is 9.79.